The first kappa shape index (κ1) is 16.8. The maximum absolute atomic E-state index is 12.4. The van der Waals surface area contributed by atoms with Gasteiger partial charge in [-0.1, -0.05) is 13.3 Å². The highest BCUT2D eigenvalue weighted by Crippen LogP contribution is 2.19. The summed E-state index contributed by atoms with van der Waals surface area (Å²) >= 11 is 0. The maximum Gasteiger partial charge on any atom is 0.280 e. The van der Waals surface area contributed by atoms with Crippen LogP contribution in [-0.4, -0.2) is 58.2 Å². The second-order valence-corrected chi connectivity index (χ2v) is 6.70. The molecule has 0 saturated carbocycles. The van der Waals surface area contributed by atoms with Gasteiger partial charge in [-0.15, -0.1) is 0 Å². The van der Waals surface area contributed by atoms with Crippen molar-refractivity contribution in [2.45, 2.75) is 45.2 Å². The number of nitrogens with zero attached hydrogens (tertiary/aromatic N) is 1. The Kier molecular flexibility index (Phi) is 7.23. The third-order valence-electron chi connectivity index (χ3n) is 3.28. The lowest BCUT2D eigenvalue weighted by Crippen LogP contribution is -2.54. The van der Waals surface area contributed by atoms with Crippen molar-refractivity contribution in [2.75, 3.05) is 33.4 Å². The molecule has 2 N–H and O–H groups in total. The van der Waals surface area contributed by atoms with Crippen LogP contribution in [0, 0.1) is 0 Å². The van der Waals surface area contributed by atoms with Crippen molar-refractivity contribution in [2.24, 2.45) is 0 Å². The van der Waals surface area contributed by atoms with Crippen LogP contribution in [0.1, 0.15) is 33.1 Å². The lowest BCUT2D eigenvalue weighted by molar-refractivity contribution is 0.177. The van der Waals surface area contributed by atoms with E-state index in [1.165, 1.54) is 0 Å². The first-order valence-corrected chi connectivity index (χ1v) is 8.44. The van der Waals surface area contributed by atoms with Gasteiger partial charge < -0.3 is 10.1 Å². The van der Waals surface area contributed by atoms with Gasteiger partial charge in [0.15, 0.2) is 0 Å². The highest BCUT2D eigenvalue weighted by Gasteiger charge is 2.32. The van der Waals surface area contributed by atoms with Gasteiger partial charge in [0, 0.05) is 32.3 Å². The summed E-state index contributed by atoms with van der Waals surface area (Å²) in [4.78, 5) is 0. The summed E-state index contributed by atoms with van der Waals surface area (Å²) in [5.41, 5.74) is 0. The molecule has 0 aromatic carbocycles. The number of likely N-dealkylation sites (N-methyl/N-ethyl adjacent to an activating group) is 1. The molecule has 0 aromatic heterocycles. The van der Waals surface area contributed by atoms with E-state index in [0.717, 1.165) is 32.4 Å². The Hall–Kier alpha value is -0.210. The van der Waals surface area contributed by atoms with Gasteiger partial charge in [-0.05, 0) is 26.3 Å². The summed E-state index contributed by atoms with van der Waals surface area (Å²) in [6.45, 7) is 6.40. The monoisotopic (exact) mass is 293 g/mol. The highest BCUT2D eigenvalue weighted by atomic mass is 32.2. The van der Waals surface area contributed by atoms with E-state index < -0.39 is 10.2 Å². The SMILES string of the molecule is CCNCC1CCCCN1S(=O)(=O)NC(C)COC. The minimum absolute atomic E-state index is 0.0564. The van der Waals surface area contributed by atoms with Gasteiger partial charge >= 0.3 is 0 Å². The van der Waals surface area contributed by atoms with Crippen LogP contribution in [0.5, 0.6) is 0 Å². The molecule has 6 nitrogen and oxygen atoms in total. The molecule has 0 amide bonds. The Morgan fingerprint density at radius 1 is 1.42 bits per heavy atom. The summed E-state index contributed by atoms with van der Waals surface area (Å²) in [5.74, 6) is 0. The van der Waals surface area contributed by atoms with Gasteiger partial charge in [0.25, 0.3) is 10.2 Å². The van der Waals surface area contributed by atoms with E-state index in [1.54, 1.807) is 11.4 Å². The molecule has 0 aromatic rings. The number of nitrogens with one attached hydrogen (secondary N) is 2. The third kappa shape index (κ3) is 5.35. The van der Waals surface area contributed by atoms with Crippen molar-refractivity contribution in [3.05, 3.63) is 0 Å². The van der Waals surface area contributed by atoms with E-state index in [2.05, 4.69) is 10.0 Å². The minimum atomic E-state index is -3.42. The van der Waals surface area contributed by atoms with Crippen LogP contribution in [0.2, 0.25) is 0 Å². The van der Waals surface area contributed by atoms with Crippen LogP contribution < -0.4 is 10.0 Å². The first-order valence-electron chi connectivity index (χ1n) is 7.00. The van der Waals surface area contributed by atoms with E-state index in [9.17, 15) is 8.42 Å². The number of rotatable bonds is 8. The van der Waals surface area contributed by atoms with Crippen molar-refractivity contribution >= 4 is 10.2 Å². The molecule has 114 valence electrons. The zero-order valence-electron chi connectivity index (χ0n) is 12.2. The molecule has 1 saturated heterocycles. The molecule has 1 aliphatic heterocycles. The summed E-state index contributed by atoms with van der Waals surface area (Å²) in [7, 11) is -1.85. The van der Waals surface area contributed by atoms with Crippen molar-refractivity contribution in [1.82, 2.24) is 14.3 Å². The lowest BCUT2D eigenvalue weighted by atomic mass is 10.1. The Morgan fingerprint density at radius 3 is 2.79 bits per heavy atom. The quantitative estimate of drug-likeness (QED) is 0.676. The van der Waals surface area contributed by atoms with Crippen molar-refractivity contribution < 1.29 is 13.2 Å². The van der Waals surface area contributed by atoms with Gasteiger partial charge in [0.2, 0.25) is 0 Å². The smallest absolute Gasteiger partial charge is 0.280 e. The molecular formula is C12H27N3O3S. The summed E-state index contributed by atoms with van der Waals surface area (Å²) < 4.78 is 34.0. The fraction of sp³-hybridized carbons (Fsp3) is 1.00. The van der Waals surface area contributed by atoms with E-state index in [-0.39, 0.29) is 12.1 Å². The van der Waals surface area contributed by atoms with Crippen LogP contribution in [0.25, 0.3) is 0 Å². The molecule has 7 heteroatoms. The first-order chi connectivity index (χ1) is 9.01. The highest BCUT2D eigenvalue weighted by molar-refractivity contribution is 7.87. The standard InChI is InChI=1S/C12H27N3O3S/c1-4-13-9-12-7-5-6-8-15(12)19(16,17)14-11(2)10-18-3/h11-14H,4-10H2,1-3H3. The van der Waals surface area contributed by atoms with E-state index >= 15 is 0 Å². The second kappa shape index (κ2) is 8.16. The predicted octanol–water partition coefficient (Wildman–Crippen LogP) is 0.320. The van der Waals surface area contributed by atoms with Crippen LogP contribution in [0.15, 0.2) is 0 Å². The molecule has 19 heavy (non-hydrogen) atoms. The Morgan fingerprint density at radius 2 is 2.16 bits per heavy atom. The number of hydrogen-bond donors (Lipinski definition) is 2. The van der Waals surface area contributed by atoms with E-state index in [0.29, 0.717) is 13.2 Å². The van der Waals surface area contributed by atoms with Gasteiger partial charge in [-0.3, -0.25) is 0 Å². The largest absolute Gasteiger partial charge is 0.383 e. The molecule has 0 bridgehead atoms. The molecule has 1 fully saturated rings. The van der Waals surface area contributed by atoms with Gasteiger partial charge in [-0.25, -0.2) is 0 Å². The van der Waals surface area contributed by atoms with Gasteiger partial charge in [0.1, 0.15) is 0 Å². The summed E-state index contributed by atoms with van der Waals surface area (Å²) in [5, 5.41) is 3.24. The van der Waals surface area contributed by atoms with Crippen molar-refractivity contribution in [1.29, 1.82) is 0 Å². The number of ether oxygens (including phenoxy) is 1. The predicted molar refractivity (Wildman–Crippen MR) is 76.3 cm³/mol. The van der Waals surface area contributed by atoms with Gasteiger partial charge in [-0.2, -0.15) is 17.4 Å². The Bertz CT molecular complexity index is 348. The average Bonchev–Trinajstić information content (AvgIpc) is 2.36. The minimum Gasteiger partial charge on any atom is -0.383 e. The summed E-state index contributed by atoms with van der Waals surface area (Å²) in [6.07, 6.45) is 2.95. The van der Waals surface area contributed by atoms with Crippen molar-refractivity contribution in [3.8, 4) is 0 Å². The molecule has 2 unspecified atom stereocenters. The number of piperidine rings is 1. The molecule has 2 atom stereocenters. The molecular weight excluding hydrogens is 266 g/mol. The zero-order valence-corrected chi connectivity index (χ0v) is 13.0. The third-order valence-corrected chi connectivity index (χ3v) is 5.08. The molecule has 1 rings (SSSR count). The fourth-order valence-electron chi connectivity index (χ4n) is 2.41. The Balaban J connectivity index is 2.66. The van der Waals surface area contributed by atoms with Crippen LogP contribution in [-0.2, 0) is 14.9 Å². The normalized spacial score (nSPS) is 23.4. The second-order valence-electron chi connectivity index (χ2n) is 5.05. The summed E-state index contributed by atoms with van der Waals surface area (Å²) in [6, 6.07) is -0.155. The van der Waals surface area contributed by atoms with Crippen LogP contribution in [0.4, 0.5) is 0 Å². The average molecular weight is 293 g/mol. The number of methoxy groups -OCH3 is 1. The van der Waals surface area contributed by atoms with Crippen LogP contribution >= 0.6 is 0 Å². The maximum atomic E-state index is 12.4. The Labute approximate surface area is 117 Å². The lowest BCUT2D eigenvalue weighted by Gasteiger charge is -2.35. The molecule has 1 heterocycles. The molecule has 0 aliphatic carbocycles. The molecule has 0 radical (unpaired) electrons. The van der Waals surface area contributed by atoms with Crippen LogP contribution in [0.3, 0.4) is 0 Å². The van der Waals surface area contributed by atoms with E-state index in [1.807, 2.05) is 13.8 Å². The topological polar surface area (TPSA) is 70.7 Å². The van der Waals surface area contributed by atoms with Crippen molar-refractivity contribution in [3.63, 3.8) is 0 Å². The van der Waals surface area contributed by atoms with E-state index in [4.69, 9.17) is 4.74 Å². The molecule has 1 aliphatic rings. The molecule has 0 spiro atoms. The zero-order chi connectivity index (χ0) is 14.3. The fourth-order valence-corrected chi connectivity index (χ4v) is 4.07. The van der Waals surface area contributed by atoms with Gasteiger partial charge in [0.05, 0.1) is 6.61 Å². The number of hydrogen-bond acceptors (Lipinski definition) is 4.